The monoisotopic (exact) mass is 345 g/mol. The zero-order valence-electron chi connectivity index (χ0n) is 14.6. The van der Waals surface area contributed by atoms with Crippen molar-refractivity contribution in [2.45, 2.75) is 13.0 Å². The van der Waals surface area contributed by atoms with Crippen LogP contribution in [0.1, 0.15) is 35.7 Å². The molecule has 1 heterocycles. The zero-order valence-corrected chi connectivity index (χ0v) is 14.6. The molecule has 2 aromatic carbocycles. The van der Waals surface area contributed by atoms with E-state index in [0.29, 0.717) is 11.8 Å². The smallest absolute Gasteiger partial charge is 0.233 e. The van der Waals surface area contributed by atoms with Crippen LogP contribution in [0.4, 0.5) is 5.88 Å². The third-order valence-corrected chi connectivity index (χ3v) is 3.94. The van der Waals surface area contributed by atoms with E-state index in [1.54, 1.807) is 13.2 Å². The van der Waals surface area contributed by atoms with Crippen molar-refractivity contribution in [3.05, 3.63) is 77.3 Å². The molecular weight excluding hydrogens is 326 g/mol. The Kier molecular flexibility index (Phi) is 5.35. The maximum absolute atomic E-state index is 9.33. The van der Waals surface area contributed by atoms with Crippen LogP contribution < -0.4 is 10.1 Å². The molecule has 5 nitrogen and oxygen atoms in total. The van der Waals surface area contributed by atoms with Crippen LogP contribution in [-0.2, 0) is 0 Å². The van der Waals surface area contributed by atoms with E-state index in [2.05, 4.69) is 16.4 Å². The number of hydrogen-bond donors (Lipinski definition) is 1. The number of anilines is 1. The van der Waals surface area contributed by atoms with Crippen molar-refractivity contribution in [1.82, 2.24) is 4.98 Å². The molecule has 0 saturated carbocycles. The predicted octanol–water partition coefficient (Wildman–Crippen LogP) is 4.90. The first-order valence-corrected chi connectivity index (χ1v) is 8.24. The Morgan fingerprint density at radius 3 is 2.58 bits per heavy atom. The molecule has 0 fully saturated rings. The second kappa shape index (κ2) is 8.04. The van der Waals surface area contributed by atoms with Gasteiger partial charge in [0.2, 0.25) is 17.5 Å². The van der Waals surface area contributed by atoms with Gasteiger partial charge < -0.3 is 14.5 Å². The number of oxazole rings is 1. The summed E-state index contributed by atoms with van der Waals surface area (Å²) < 4.78 is 11.0. The van der Waals surface area contributed by atoms with E-state index in [4.69, 9.17) is 9.15 Å². The third kappa shape index (κ3) is 3.93. The Morgan fingerprint density at radius 1 is 1.12 bits per heavy atom. The molecule has 130 valence electrons. The summed E-state index contributed by atoms with van der Waals surface area (Å²) in [6, 6.07) is 19.6. The molecule has 3 rings (SSSR count). The number of nitrogens with one attached hydrogen (secondary N) is 1. The highest BCUT2D eigenvalue weighted by Gasteiger charge is 2.14. The Morgan fingerprint density at radius 2 is 1.85 bits per heavy atom. The number of nitriles is 1. The van der Waals surface area contributed by atoms with Crippen molar-refractivity contribution in [1.29, 1.82) is 5.26 Å². The highest BCUT2D eigenvalue weighted by molar-refractivity contribution is 5.70. The van der Waals surface area contributed by atoms with Gasteiger partial charge in [-0.05, 0) is 24.6 Å². The molecule has 5 heteroatoms. The van der Waals surface area contributed by atoms with Gasteiger partial charge in [-0.15, -0.1) is 0 Å². The van der Waals surface area contributed by atoms with Crippen molar-refractivity contribution in [3.63, 3.8) is 0 Å². The molecule has 0 amide bonds. The molecule has 1 N–H and O–H groups in total. The molecule has 1 atom stereocenters. The minimum atomic E-state index is -0.0118. The van der Waals surface area contributed by atoms with Gasteiger partial charge in [-0.2, -0.15) is 10.2 Å². The molecule has 26 heavy (non-hydrogen) atoms. The average Bonchev–Trinajstić information content (AvgIpc) is 3.09. The highest BCUT2D eigenvalue weighted by Crippen LogP contribution is 2.25. The van der Waals surface area contributed by atoms with Gasteiger partial charge in [0.1, 0.15) is 11.8 Å². The minimum Gasteiger partial charge on any atom is -0.496 e. The molecule has 0 radical (unpaired) electrons. The Balaban J connectivity index is 1.81. The molecule has 0 saturated heterocycles. The number of aromatic nitrogens is 1. The first kappa shape index (κ1) is 17.3. The second-order valence-corrected chi connectivity index (χ2v) is 5.69. The summed E-state index contributed by atoms with van der Waals surface area (Å²) in [5.41, 5.74) is 2.23. The van der Waals surface area contributed by atoms with Gasteiger partial charge in [-0.3, -0.25) is 0 Å². The molecule has 0 bridgehead atoms. The van der Waals surface area contributed by atoms with Crippen LogP contribution in [-0.4, -0.2) is 12.1 Å². The van der Waals surface area contributed by atoms with E-state index < -0.39 is 0 Å². The molecule has 0 aliphatic heterocycles. The summed E-state index contributed by atoms with van der Waals surface area (Å²) in [6.45, 7) is 2.00. The Bertz CT molecular complexity index is 939. The first-order valence-electron chi connectivity index (χ1n) is 8.24. The van der Waals surface area contributed by atoms with E-state index in [1.807, 2.05) is 67.6 Å². The molecule has 0 spiro atoms. The van der Waals surface area contributed by atoms with E-state index in [-0.39, 0.29) is 11.7 Å². The van der Waals surface area contributed by atoms with Crippen LogP contribution in [0.5, 0.6) is 5.75 Å². The fourth-order valence-electron chi connectivity index (χ4n) is 2.57. The molecule has 0 unspecified atom stereocenters. The van der Waals surface area contributed by atoms with Crippen LogP contribution in [0.3, 0.4) is 0 Å². The molecule has 3 aromatic rings. The minimum absolute atomic E-state index is 0.0118. The van der Waals surface area contributed by atoms with Gasteiger partial charge in [0, 0.05) is 11.6 Å². The van der Waals surface area contributed by atoms with Gasteiger partial charge >= 0.3 is 0 Å². The summed E-state index contributed by atoms with van der Waals surface area (Å²) in [7, 11) is 1.62. The van der Waals surface area contributed by atoms with Crippen molar-refractivity contribution >= 4 is 18.0 Å². The number of benzene rings is 2. The Labute approximate surface area is 152 Å². The fourth-order valence-corrected chi connectivity index (χ4v) is 2.57. The Hall–Kier alpha value is -3.52. The van der Waals surface area contributed by atoms with E-state index in [9.17, 15) is 5.26 Å². The van der Waals surface area contributed by atoms with Crippen LogP contribution in [0.15, 0.2) is 59.0 Å². The lowest BCUT2D eigenvalue weighted by molar-refractivity contribution is 0.414. The largest absolute Gasteiger partial charge is 0.496 e. The standard InChI is InChI=1S/C21H19N3O2/c1-15(16-8-4-3-5-9-16)23-21-18(14-22)24-20(26-21)13-12-17-10-6-7-11-19(17)25-2/h3-13,15,23H,1-2H3/b13-12+/t15-/m0/s1. The van der Waals surface area contributed by atoms with Crippen molar-refractivity contribution in [2.24, 2.45) is 0 Å². The van der Waals surface area contributed by atoms with E-state index in [1.165, 1.54) is 0 Å². The number of rotatable bonds is 6. The van der Waals surface area contributed by atoms with Crippen LogP contribution >= 0.6 is 0 Å². The van der Waals surface area contributed by atoms with Crippen LogP contribution in [0.2, 0.25) is 0 Å². The first-order chi connectivity index (χ1) is 12.7. The van der Waals surface area contributed by atoms with Gasteiger partial charge in [0.05, 0.1) is 13.2 Å². The highest BCUT2D eigenvalue weighted by atomic mass is 16.5. The van der Waals surface area contributed by atoms with Gasteiger partial charge in [0.25, 0.3) is 0 Å². The molecule has 0 aliphatic rings. The molecule has 0 aliphatic carbocycles. The van der Waals surface area contributed by atoms with E-state index >= 15 is 0 Å². The topological polar surface area (TPSA) is 71.1 Å². The summed E-state index contributed by atoms with van der Waals surface area (Å²) in [5.74, 6) is 1.48. The SMILES string of the molecule is COc1ccccc1/C=C/c1nc(C#N)c(N[C@@H](C)c2ccccc2)o1. The maximum Gasteiger partial charge on any atom is 0.233 e. The van der Waals surface area contributed by atoms with Crippen molar-refractivity contribution in [2.75, 3.05) is 12.4 Å². The normalized spacial score (nSPS) is 11.9. The van der Waals surface area contributed by atoms with Gasteiger partial charge in [0.15, 0.2) is 0 Å². The summed E-state index contributed by atoms with van der Waals surface area (Å²) >= 11 is 0. The number of para-hydroxylation sites is 1. The van der Waals surface area contributed by atoms with Crippen LogP contribution in [0, 0.1) is 11.3 Å². The maximum atomic E-state index is 9.33. The lowest BCUT2D eigenvalue weighted by Gasteiger charge is -2.12. The zero-order chi connectivity index (χ0) is 18.4. The molecular formula is C21H19N3O2. The summed E-state index contributed by atoms with van der Waals surface area (Å²) in [6.07, 6.45) is 3.56. The van der Waals surface area contributed by atoms with Crippen LogP contribution in [0.25, 0.3) is 12.2 Å². The number of ether oxygens (including phenoxy) is 1. The van der Waals surface area contributed by atoms with Gasteiger partial charge in [-0.25, -0.2) is 0 Å². The second-order valence-electron chi connectivity index (χ2n) is 5.69. The number of nitrogens with zero attached hydrogens (tertiary/aromatic N) is 2. The number of methoxy groups -OCH3 is 1. The third-order valence-electron chi connectivity index (χ3n) is 3.94. The van der Waals surface area contributed by atoms with Crippen molar-refractivity contribution in [3.8, 4) is 11.8 Å². The van der Waals surface area contributed by atoms with E-state index in [0.717, 1.165) is 16.9 Å². The molecule has 1 aromatic heterocycles. The van der Waals surface area contributed by atoms with Gasteiger partial charge in [-0.1, -0.05) is 48.5 Å². The lowest BCUT2D eigenvalue weighted by atomic mass is 10.1. The fraction of sp³-hybridized carbons (Fsp3) is 0.143. The summed E-state index contributed by atoms with van der Waals surface area (Å²) in [5, 5.41) is 12.5. The summed E-state index contributed by atoms with van der Waals surface area (Å²) in [4.78, 5) is 4.23. The lowest BCUT2D eigenvalue weighted by Crippen LogP contribution is -2.06. The average molecular weight is 345 g/mol. The number of hydrogen-bond acceptors (Lipinski definition) is 5. The predicted molar refractivity (Wildman–Crippen MR) is 102 cm³/mol. The van der Waals surface area contributed by atoms with Crippen molar-refractivity contribution < 1.29 is 9.15 Å². The quantitative estimate of drug-likeness (QED) is 0.688.